The Kier molecular flexibility index (Phi) is 2.69. The minimum atomic E-state index is -3.54. The van der Waals surface area contributed by atoms with Gasteiger partial charge >= 0.3 is 0 Å². The first kappa shape index (κ1) is 12.9. The summed E-state index contributed by atoms with van der Waals surface area (Å²) in [5.41, 5.74) is 7.97. The van der Waals surface area contributed by atoms with Crippen LogP contribution in [0.25, 0.3) is 0 Å². The van der Waals surface area contributed by atoms with Gasteiger partial charge in [-0.25, -0.2) is 8.42 Å². The van der Waals surface area contributed by atoms with Crippen LogP contribution in [0.4, 0.5) is 5.69 Å². The average molecular weight is 287 g/mol. The molecule has 5 heteroatoms. The van der Waals surface area contributed by atoms with Gasteiger partial charge in [-0.2, -0.15) is 0 Å². The quantitative estimate of drug-likeness (QED) is 0.753. The number of benzene rings is 2. The van der Waals surface area contributed by atoms with Gasteiger partial charge in [-0.15, -0.1) is 0 Å². The van der Waals surface area contributed by atoms with Crippen molar-refractivity contribution in [1.82, 2.24) is 0 Å². The molecule has 2 aromatic rings. The number of anilines is 1. The van der Waals surface area contributed by atoms with E-state index >= 15 is 0 Å². The Labute approximate surface area is 117 Å². The molecular weight excluding hydrogens is 274 g/mol. The van der Waals surface area contributed by atoms with Crippen molar-refractivity contribution < 1.29 is 13.2 Å². The number of aryl methyl sites for hydroxylation is 1. The largest absolute Gasteiger partial charge is 0.399 e. The molecule has 4 nitrogen and oxygen atoms in total. The van der Waals surface area contributed by atoms with E-state index in [2.05, 4.69) is 0 Å². The molecule has 0 amide bonds. The van der Waals surface area contributed by atoms with E-state index in [4.69, 9.17) is 5.73 Å². The molecule has 0 bridgehead atoms. The van der Waals surface area contributed by atoms with E-state index in [1.807, 2.05) is 0 Å². The lowest BCUT2D eigenvalue weighted by Crippen LogP contribution is -2.08. The number of fused-ring (bicyclic) bond motifs is 2. The minimum Gasteiger partial charge on any atom is -0.399 e. The first-order valence-electron chi connectivity index (χ1n) is 6.15. The molecule has 0 saturated heterocycles. The highest BCUT2D eigenvalue weighted by atomic mass is 32.2. The zero-order valence-electron chi connectivity index (χ0n) is 10.9. The van der Waals surface area contributed by atoms with Crippen molar-refractivity contribution in [2.45, 2.75) is 17.6 Å². The van der Waals surface area contributed by atoms with Crippen molar-refractivity contribution in [3.8, 4) is 0 Å². The van der Waals surface area contributed by atoms with Crippen LogP contribution in [-0.2, 0) is 15.6 Å². The molecule has 1 heterocycles. The summed E-state index contributed by atoms with van der Waals surface area (Å²) in [4.78, 5) is 12.8. The van der Waals surface area contributed by atoms with E-state index < -0.39 is 9.84 Å². The molecule has 3 rings (SSSR count). The van der Waals surface area contributed by atoms with Crippen LogP contribution in [0.5, 0.6) is 0 Å². The van der Waals surface area contributed by atoms with Crippen molar-refractivity contribution in [1.29, 1.82) is 0 Å². The number of hydrogen-bond donors (Lipinski definition) is 1. The summed E-state index contributed by atoms with van der Waals surface area (Å²) in [6, 6.07) is 9.67. The standard InChI is InChI=1S/C15H13NO3S/c1-9-3-2-4-13-14(9)15(17)12-6-5-11(16)7-10(12)8-20(13,18)19/h2-7H,8,16H2,1H3. The SMILES string of the molecule is Cc1cccc2c1C(=O)c1ccc(N)cc1CS2(=O)=O. The van der Waals surface area contributed by atoms with E-state index in [1.54, 1.807) is 37.3 Å². The Morgan fingerprint density at radius 1 is 1.15 bits per heavy atom. The fraction of sp³-hybridized carbons (Fsp3) is 0.133. The van der Waals surface area contributed by atoms with Crippen LogP contribution in [0.2, 0.25) is 0 Å². The van der Waals surface area contributed by atoms with Gasteiger partial charge in [0.1, 0.15) is 0 Å². The Morgan fingerprint density at radius 2 is 1.90 bits per heavy atom. The highest BCUT2D eigenvalue weighted by Gasteiger charge is 2.31. The Morgan fingerprint density at radius 3 is 2.65 bits per heavy atom. The van der Waals surface area contributed by atoms with E-state index in [0.717, 1.165) is 0 Å². The number of nitrogen functional groups attached to an aromatic ring is 1. The lowest BCUT2D eigenvalue weighted by molar-refractivity contribution is 0.103. The zero-order chi connectivity index (χ0) is 14.5. The van der Waals surface area contributed by atoms with Crippen molar-refractivity contribution in [3.05, 3.63) is 58.7 Å². The fourth-order valence-electron chi connectivity index (χ4n) is 2.56. The number of ketones is 1. The van der Waals surface area contributed by atoms with E-state index in [1.165, 1.54) is 6.07 Å². The number of nitrogens with two attached hydrogens (primary N) is 1. The number of carbonyl (C=O) groups excluding carboxylic acids is 1. The first-order valence-corrected chi connectivity index (χ1v) is 7.81. The second-order valence-electron chi connectivity index (χ2n) is 4.95. The number of rotatable bonds is 0. The smallest absolute Gasteiger partial charge is 0.194 e. The maximum Gasteiger partial charge on any atom is 0.194 e. The number of carbonyl (C=O) groups is 1. The van der Waals surface area contributed by atoms with E-state index in [9.17, 15) is 13.2 Å². The van der Waals surface area contributed by atoms with Gasteiger partial charge in [0.25, 0.3) is 0 Å². The molecule has 0 radical (unpaired) electrons. The monoisotopic (exact) mass is 287 g/mol. The van der Waals surface area contributed by atoms with E-state index in [0.29, 0.717) is 22.4 Å². The molecule has 1 aliphatic heterocycles. The number of sulfone groups is 1. The van der Waals surface area contributed by atoms with Gasteiger partial charge in [0.05, 0.1) is 10.6 Å². The van der Waals surface area contributed by atoms with Gasteiger partial charge in [-0.3, -0.25) is 4.79 Å². The topological polar surface area (TPSA) is 77.2 Å². The lowest BCUT2D eigenvalue weighted by atomic mass is 9.96. The van der Waals surface area contributed by atoms with Crippen LogP contribution in [0, 0.1) is 6.92 Å². The molecule has 1 aliphatic rings. The molecule has 0 unspecified atom stereocenters. The lowest BCUT2D eigenvalue weighted by Gasteiger charge is -2.07. The van der Waals surface area contributed by atoms with Gasteiger partial charge < -0.3 is 5.73 Å². The first-order chi connectivity index (χ1) is 9.40. The summed E-state index contributed by atoms with van der Waals surface area (Å²) in [7, 11) is -3.54. The van der Waals surface area contributed by atoms with Gasteiger partial charge in [-0.05, 0) is 42.3 Å². The third-order valence-electron chi connectivity index (χ3n) is 3.52. The van der Waals surface area contributed by atoms with Crippen LogP contribution >= 0.6 is 0 Å². The van der Waals surface area contributed by atoms with Crippen LogP contribution in [0.3, 0.4) is 0 Å². The molecule has 102 valence electrons. The summed E-state index contributed by atoms with van der Waals surface area (Å²) in [5.74, 6) is -0.454. The number of hydrogen-bond acceptors (Lipinski definition) is 4. The molecule has 2 N–H and O–H groups in total. The predicted octanol–water partition coefficient (Wildman–Crippen LogP) is 2.10. The van der Waals surface area contributed by atoms with Gasteiger partial charge in [-0.1, -0.05) is 12.1 Å². The highest BCUT2D eigenvalue weighted by molar-refractivity contribution is 7.90. The maximum atomic E-state index is 12.6. The molecule has 0 aliphatic carbocycles. The Balaban J connectivity index is 2.41. The van der Waals surface area contributed by atoms with Crippen LogP contribution in [0.1, 0.15) is 27.0 Å². The fourth-order valence-corrected chi connectivity index (χ4v) is 4.22. The van der Waals surface area contributed by atoms with Crippen molar-refractivity contribution in [2.24, 2.45) is 0 Å². The second kappa shape index (κ2) is 4.18. The van der Waals surface area contributed by atoms with Gasteiger partial charge in [0.15, 0.2) is 15.6 Å². The highest BCUT2D eigenvalue weighted by Crippen LogP contribution is 2.32. The molecule has 0 atom stereocenters. The maximum absolute atomic E-state index is 12.6. The van der Waals surface area contributed by atoms with Crippen molar-refractivity contribution in [2.75, 3.05) is 5.73 Å². The molecule has 0 aromatic heterocycles. The van der Waals surface area contributed by atoms with Crippen LogP contribution in [-0.4, -0.2) is 14.2 Å². The normalized spacial score (nSPS) is 16.1. The molecule has 0 spiro atoms. The summed E-state index contributed by atoms with van der Waals surface area (Å²) in [6.45, 7) is 1.74. The molecule has 2 aromatic carbocycles. The summed E-state index contributed by atoms with van der Waals surface area (Å²) in [5, 5.41) is 0. The third kappa shape index (κ3) is 1.82. The average Bonchev–Trinajstić information content (AvgIpc) is 2.44. The van der Waals surface area contributed by atoms with Crippen LogP contribution in [0.15, 0.2) is 41.3 Å². The molecular formula is C15H13NO3S. The molecule has 20 heavy (non-hydrogen) atoms. The predicted molar refractivity (Wildman–Crippen MR) is 76.4 cm³/mol. The van der Waals surface area contributed by atoms with Crippen molar-refractivity contribution >= 4 is 21.3 Å². The summed E-state index contributed by atoms with van der Waals surface area (Å²) in [6.07, 6.45) is 0. The Bertz CT molecular complexity index is 838. The zero-order valence-corrected chi connectivity index (χ0v) is 11.7. The third-order valence-corrected chi connectivity index (χ3v) is 5.22. The van der Waals surface area contributed by atoms with Crippen LogP contribution < -0.4 is 5.73 Å². The molecule has 0 saturated carbocycles. The minimum absolute atomic E-state index is 0.109. The summed E-state index contributed by atoms with van der Waals surface area (Å²) >= 11 is 0. The van der Waals surface area contributed by atoms with Gasteiger partial charge in [0, 0.05) is 16.8 Å². The summed E-state index contributed by atoms with van der Waals surface area (Å²) < 4.78 is 24.9. The van der Waals surface area contributed by atoms with Gasteiger partial charge in [0.2, 0.25) is 0 Å². The second-order valence-corrected chi connectivity index (χ2v) is 6.91. The Hall–Kier alpha value is -2.14. The molecule has 0 fully saturated rings. The van der Waals surface area contributed by atoms with Crippen molar-refractivity contribution in [3.63, 3.8) is 0 Å². The van der Waals surface area contributed by atoms with E-state index in [-0.39, 0.29) is 22.0 Å².